The number of benzene rings is 2. The summed E-state index contributed by atoms with van der Waals surface area (Å²) < 4.78 is 0. The zero-order valence-corrected chi connectivity index (χ0v) is 14.4. The van der Waals surface area contributed by atoms with Crippen LogP contribution in [0.5, 0.6) is 0 Å². The van der Waals surface area contributed by atoms with E-state index in [1.807, 2.05) is 20.8 Å². The van der Waals surface area contributed by atoms with Gasteiger partial charge in [-0.05, 0) is 49.9 Å². The Balaban J connectivity index is 2.13. The lowest BCUT2D eigenvalue weighted by Gasteiger charge is -2.18. The Bertz CT molecular complexity index is 784. The second-order valence-electron chi connectivity index (χ2n) is 6.14. The Hall–Kier alpha value is -2.69. The number of carbonyl (C=O) groups excluding carboxylic acids is 1. The number of carbonyl (C=O) groups is 1. The molecule has 5 heteroatoms. The Morgan fingerprint density at radius 3 is 2.42 bits per heavy atom. The van der Waals surface area contributed by atoms with E-state index >= 15 is 0 Å². The van der Waals surface area contributed by atoms with Crippen LogP contribution < -0.4 is 5.32 Å². The van der Waals surface area contributed by atoms with Crippen LogP contribution in [0.4, 0.5) is 5.69 Å². The van der Waals surface area contributed by atoms with Gasteiger partial charge in [0.15, 0.2) is 0 Å². The van der Waals surface area contributed by atoms with Crippen molar-refractivity contribution in [3.05, 3.63) is 74.3 Å². The summed E-state index contributed by atoms with van der Waals surface area (Å²) in [5.41, 5.74) is 4.97. The van der Waals surface area contributed by atoms with Crippen LogP contribution in [0.15, 0.2) is 36.4 Å². The van der Waals surface area contributed by atoms with Crippen LogP contribution in [0.2, 0.25) is 0 Å². The topological polar surface area (TPSA) is 72.2 Å². The van der Waals surface area contributed by atoms with Crippen molar-refractivity contribution in [2.24, 2.45) is 0 Å². The predicted octanol–water partition coefficient (Wildman–Crippen LogP) is 3.94. The molecule has 0 radical (unpaired) electrons. The third-order valence-corrected chi connectivity index (χ3v) is 4.27. The van der Waals surface area contributed by atoms with Crippen LogP contribution in [0.25, 0.3) is 0 Å². The fraction of sp³-hybridized carbons (Fsp3) is 0.316. The molecule has 0 aliphatic rings. The number of rotatable bonds is 5. The standard InChI is InChI=1S/C19H22N2O3/c1-12-9-14(3)17(10-13(12)2)15(4)20-19(22)11-16-7-5-6-8-18(16)21(23)24/h5-10,15H,11H2,1-4H3,(H,20,22)/t15-/m0/s1. The lowest BCUT2D eigenvalue weighted by Crippen LogP contribution is -2.28. The van der Waals surface area contributed by atoms with E-state index in [-0.39, 0.29) is 24.1 Å². The largest absolute Gasteiger partial charge is 0.349 e. The zero-order chi connectivity index (χ0) is 17.9. The summed E-state index contributed by atoms with van der Waals surface area (Å²) in [4.78, 5) is 22.9. The third kappa shape index (κ3) is 3.98. The lowest BCUT2D eigenvalue weighted by atomic mass is 9.96. The van der Waals surface area contributed by atoms with E-state index in [1.54, 1.807) is 18.2 Å². The molecule has 5 nitrogen and oxygen atoms in total. The minimum Gasteiger partial charge on any atom is -0.349 e. The van der Waals surface area contributed by atoms with Crippen molar-refractivity contribution >= 4 is 11.6 Å². The first kappa shape index (κ1) is 17.7. The summed E-state index contributed by atoms with van der Waals surface area (Å²) in [7, 11) is 0. The van der Waals surface area contributed by atoms with E-state index in [1.165, 1.54) is 17.2 Å². The smallest absolute Gasteiger partial charge is 0.273 e. The van der Waals surface area contributed by atoms with Gasteiger partial charge in [-0.3, -0.25) is 14.9 Å². The molecule has 0 aromatic heterocycles. The summed E-state index contributed by atoms with van der Waals surface area (Å²) in [6, 6.07) is 10.4. The highest BCUT2D eigenvalue weighted by molar-refractivity contribution is 5.80. The number of nitro benzene ring substituents is 1. The first-order valence-electron chi connectivity index (χ1n) is 7.89. The Morgan fingerprint density at radius 2 is 1.75 bits per heavy atom. The van der Waals surface area contributed by atoms with Gasteiger partial charge in [0.05, 0.1) is 17.4 Å². The number of para-hydroxylation sites is 1. The molecule has 0 unspecified atom stereocenters. The van der Waals surface area contributed by atoms with E-state index in [9.17, 15) is 14.9 Å². The molecule has 2 rings (SSSR count). The number of hydrogen-bond donors (Lipinski definition) is 1. The minimum absolute atomic E-state index is 0.00855. The monoisotopic (exact) mass is 326 g/mol. The molecule has 1 amide bonds. The number of nitrogens with one attached hydrogen (secondary N) is 1. The van der Waals surface area contributed by atoms with Gasteiger partial charge in [0.1, 0.15) is 0 Å². The van der Waals surface area contributed by atoms with Crippen LogP contribution in [0, 0.1) is 30.9 Å². The van der Waals surface area contributed by atoms with Gasteiger partial charge < -0.3 is 5.32 Å². The maximum Gasteiger partial charge on any atom is 0.273 e. The van der Waals surface area contributed by atoms with Gasteiger partial charge in [0.25, 0.3) is 5.69 Å². The molecule has 2 aromatic carbocycles. The first-order chi connectivity index (χ1) is 11.3. The van der Waals surface area contributed by atoms with Crippen molar-refractivity contribution in [1.29, 1.82) is 0 Å². The van der Waals surface area contributed by atoms with Crippen LogP contribution in [0.3, 0.4) is 0 Å². The Kier molecular flexibility index (Phi) is 5.34. The highest BCUT2D eigenvalue weighted by Crippen LogP contribution is 2.22. The number of amides is 1. The second-order valence-corrected chi connectivity index (χ2v) is 6.14. The molecule has 0 saturated heterocycles. The predicted molar refractivity (Wildman–Crippen MR) is 94.0 cm³/mol. The lowest BCUT2D eigenvalue weighted by molar-refractivity contribution is -0.385. The molecular weight excluding hydrogens is 304 g/mol. The minimum atomic E-state index is -0.459. The zero-order valence-electron chi connectivity index (χ0n) is 14.4. The van der Waals surface area contributed by atoms with E-state index in [0.29, 0.717) is 5.56 Å². The molecule has 0 aliphatic heterocycles. The van der Waals surface area contributed by atoms with E-state index in [0.717, 1.165) is 11.1 Å². The van der Waals surface area contributed by atoms with Crippen LogP contribution in [-0.4, -0.2) is 10.8 Å². The Labute approximate surface area is 141 Å². The van der Waals surface area contributed by atoms with Gasteiger partial charge in [-0.2, -0.15) is 0 Å². The molecule has 24 heavy (non-hydrogen) atoms. The molecule has 1 N–H and O–H groups in total. The van der Waals surface area contributed by atoms with Crippen molar-refractivity contribution in [3.63, 3.8) is 0 Å². The van der Waals surface area contributed by atoms with Crippen molar-refractivity contribution < 1.29 is 9.72 Å². The van der Waals surface area contributed by atoms with Crippen molar-refractivity contribution in [3.8, 4) is 0 Å². The van der Waals surface area contributed by atoms with E-state index in [2.05, 4.69) is 24.4 Å². The summed E-state index contributed by atoms with van der Waals surface area (Å²) in [6.45, 7) is 8.05. The molecular formula is C19H22N2O3. The maximum atomic E-state index is 12.3. The fourth-order valence-corrected chi connectivity index (χ4v) is 2.83. The van der Waals surface area contributed by atoms with Crippen LogP contribution in [-0.2, 0) is 11.2 Å². The van der Waals surface area contributed by atoms with Gasteiger partial charge in [-0.15, -0.1) is 0 Å². The third-order valence-electron chi connectivity index (χ3n) is 4.27. The second kappa shape index (κ2) is 7.25. The van der Waals surface area contributed by atoms with Crippen molar-refractivity contribution in [1.82, 2.24) is 5.32 Å². The molecule has 0 bridgehead atoms. The number of nitrogens with zero attached hydrogens (tertiary/aromatic N) is 1. The molecule has 0 fully saturated rings. The molecule has 0 spiro atoms. The number of aryl methyl sites for hydroxylation is 3. The quantitative estimate of drug-likeness (QED) is 0.668. The molecule has 1 atom stereocenters. The Morgan fingerprint density at radius 1 is 1.12 bits per heavy atom. The van der Waals surface area contributed by atoms with Gasteiger partial charge in [0.2, 0.25) is 5.91 Å². The van der Waals surface area contributed by atoms with Gasteiger partial charge in [-0.1, -0.05) is 30.3 Å². The summed E-state index contributed by atoms with van der Waals surface area (Å²) in [6.07, 6.45) is -0.00855. The normalized spacial score (nSPS) is 11.8. The molecule has 0 saturated carbocycles. The highest BCUT2D eigenvalue weighted by Gasteiger charge is 2.18. The van der Waals surface area contributed by atoms with Crippen molar-refractivity contribution in [2.45, 2.75) is 40.2 Å². The average Bonchev–Trinajstić information content (AvgIpc) is 2.50. The van der Waals surface area contributed by atoms with E-state index < -0.39 is 4.92 Å². The van der Waals surface area contributed by atoms with Gasteiger partial charge >= 0.3 is 0 Å². The summed E-state index contributed by atoms with van der Waals surface area (Å²) >= 11 is 0. The fourth-order valence-electron chi connectivity index (χ4n) is 2.83. The van der Waals surface area contributed by atoms with Crippen molar-refractivity contribution in [2.75, 3.05) is 0 Å². The highest BCUT2D eigenvalue weighted by atomic mass is 16.6. The molecule has 0 heterocycles. The van der Waals surface area contributed by atoms with Gasteiger partial charge in [-0.25, -0.2) is 0 Å². The number of hydrogen-bond acceptors (Lipinski definition) is 3. The summed E-state index contributed by atoms with van der Waals surface area (Å²) in [5.74, 6) is -0.227. The van der Waals surface area contributed by atoms with E-state index in [4.69, 9.17) is 0 Å². The maximum absolute atomic E-state index is 12.3. The SMILES string of the molecule is Cc1cc(C)c([C@H](C)NC(=O)Cc2ccccc2[N+](=O)[O-])cc1C. The number of nitro groups is 1. The van der Waals surface area contributed by atoms with Crippen LogP contribution in [0.1, 0.15) is 40.8 Å². The molecule has 126 valence electrons. The first-order valence-corrected chi connectivity index (χ1v) is 7.89. The summed E-state index contributed by atoms with van der Waals surface area (Å²) in [5, 5.41) is 14.0. The van der Waals surface area contributed by atoms with Gasteiger partial charge in [0, 0.05) is 11.6 Å². The average molecular weight is 326 g/mol. The molecule has 0 aliphatic carbocycles. The molecule has 2 aromatic rings. The van der Waals surface area contributed by atoms with Crippen LogP contribution >= 0.6 is 0 Å².